The van der Waals surface area contributed by atoms with Gasteiger partial charge >= 0.3 is 0 Å². The Bertz CT molecular complexity index is 455. The minimum Gasteiger partial charge on any atom is -0.384 e. The van der Waals surface area contributed by atoms with Gasteiger partial charge in [0.1, 0.15) is 0 Å². The number of para-hydroxylation sites is 1. The van der Waals surface area contributed by atoms with Crippen LogP contribution in [0.2, 0.25) is 0 Å². The van der Waals surface area contributed by atoms with E-state index in [2.05, 4.69) is 24.4 Å². The van der Waals surface area contributed by atoms with Gasteiger partial charge in [-0.15, -0.1) is 0 Å². The maximum absolute atomic E-state index is 11.3. The second-order valence-corrected chi connectivity index (χ2v) is 5.69. The first-order valence-corrected chi connectivity index (χ1v) is 6.61. The molecule has 0 aromatic heterocycles. The molecule has 4 heteroatoms. The number of hydrogen-bond acceptors (Lipinski definition) is 3. The summed E-state index contributed by atoms with van der Waals surface area (Å²) in [5.74, 6) is 0.0779. The van der Waals surface area contributed by atoms with Gasteiger partial charge in [-0.2, -0.15) is 0 Å². The van der Waals surface area contributed by atoms with E-state index in [1.165, 1.54) is 0 Å². The highest BCUT2D eigenvalue weighted by atomic mass is 16.5. The van der Waals surface area contributed by atoms with E-state index >= 15 is 0 Å². The lowest BCUT2D eigenvalue weighted by Crippen LogP contribution is -2.45. The Hall–Kier alpha value is -1.55. The SMILES string of the molecule is CC(=O)N(C)Cc1ccccc1NCC1(C)COC1. The van der Waals surface area contributed by atoms with Gasteiger partial charge in [0.25, 0.3) is 0 Å². The molecule has 1 aromatic rings. The maximum Gasteiger partial charge on any atom is 0.219 e. The molecule has 1 aliphatic rings. The summed E-state index contributed by atoms with van der Waals surface area (Å²) in [4.78, 5) is 13.0. The minimum atomic E-state index is 0.0779. The van der Waals surface area contributed by atoms with Crippen LogP contribution in [0, 0.1) is 5.41 Å². The largest absolute Gasteiger partial charge is 0.384 e. The molecule has 0 saturated carbocycles. The zero-order valence-corrected chi connectivity index (χ0v) is 11.9. The molecule has 2 rings (SSSR count). The van der Waals surface area contributed by atoms with Crippen molar-refractivity contribution >= 4 is 11.6 Å². The highest BCUT2D eigenvalue weighted by Crippen LogP contribution is 2.27. The molecule has 0 aliphatic carbocycles. The van der Waals surface area contributed by atoms with Gasteiger partial charge in [-0.25, -0.2) is 0 Å². The number of nitrogens with one attached hydrogen (secondary N) is 1. The van der Waals surface area contributed by atoms with E-state index in [4.69, 9.17) is 4.74 Å². The number of anilines is 1. The number of hydrogen-bond donors (Lipinski definition) is 1. The molecule has 1 aliphatic heterocycles. The summed E-state index contributed by atoms with van der Waals surface area (Å²) >= 11 is 0. The molecule has 0 bridgehead atoms. The van der Waals surface area contributed by atoms with Gasteiger partial charge in [0, 0.05) is 38.2 Å². The summed E-state index contributed by atoms with van der Waals surface area (Å²) in [6, 6.07) is 8.13. The van der Waals surface area contributed by atoms with Crippen molar-refractivity contribution in [3.63, 3.8) is 0 Å². The monoisotopic (exact) mass is 262 g/mol. The zero-order valence-electron chi connectivity index (χ0n) is 11.9. The van der Waals surface area contributed by atoms with Crippen LogP contribution in [0.4, 0.5) is 5.69 Å². The minimum absolute atomic E-state index is 0.0779. The van der Waals surface area contributed by atoms with E-state index < -0.39 is 0 Å². The number of nitrogens with zero attached hydrogens (tertiary/aromatic N) is 1. The van der Waals surface area contributed by atoms with E-state index in [0.717, 1.165) is 31.0 Å². The van der Waals surface area contributed by atoms with Crippen LogP contribution in [-0.2, 0) is 16.1 Å². The summed E-state index contributed by atoms with van der Waals surface area (Å²) in [7, 11) is 1.82. The highest BCUT2D eigenvalue weighted by Gasteiger charge is 2.33. The number of carbonyl (C=O) groups is 1. The number of rotatable bonds is 5. The van der Waals surface area contributed by atoms with Crippen molar-refractivity contribution in [2.24, 2.45) is 5.41 Å². The average molecular weight is 262 g/mol. The van der Waals surface area contributed by atoms with Crippen LogP contribution in [0.1, 0.15) is 19.4 Å². The van der Waals surface area contributed by atoms with Gasteiger partial charge in [-0.05, 0) is 11.6 Å². The maximum atomic E-state index is 11.3. The molecule has 19 heavy (non-hydrogen) atoms. The Morgan fingerprint density at radius 2 is 2.11 bits per heavy atom. The summed E-state index contributed by atoms with van der Waals surface area (Å²) in [5.41, 5.74) is 2.48. The number of ether oxygens (including phenoxy) is 1. The fourth-order valence-electron chi connectivity index (χ4n) is 2.06. The van der Waals surface area contributed by atoms with Gasteiger partial charge in [-0.3, -0.25) is 4.79 Å². The standard InChI is InChI=1S/C15H22N2O2/c1-12(18)17(3)8-13-6-4-5-7-14(13)16-9-15(2)10-19-11-15/h4-7,16H,8-11H2,1-3H3. The van der Waals surface area contributed by atoms with Crippen molar-refractivity contribution in [1.82, 2.24) is 4.90 Å². The van der Waals surface area contributed by atoms with Gasteiger partial charge in [-0.1, -0.05) is 25.1 Å². The van der Waals surface area contributed by atoms with Crippen LogP contribution in [0.25, 0.3) is 0 Å². The van der Waals surface area contributed by atoms with Crippen LogP contribution in [0.5, 0.6) is 0 Å². The van der Waals surface area contributed by atoms with Crippen LogP contribution in [0.15, 0.2) is 24.3 Å². The Morgan fingerprint density at radius 3 is 2.68 bits per heavy atom. The van der Waals surface area contributed by atoms with Crippen LogP contribution >= 0.6 is 0 Å². The number of carbonyl (C=O) groups excluding carboxylic acids is 1. The Kier molecular flexibility index (Phi) is 4.10. The summed E-state index contributed by atoms with van der Waals surface area (Å²) < 4.78 is 5.26. The average Bonchev–Trinajstić information content (AvgIpc) is 2.35. The first-order chi connectivity index (χ1) is 9.00. The summed E-state index contributed by atoms with van der Waals surface area (Å²) in [6.07, 6.45) is 0. The molecule has 1 N–H and O–H groups in total. The molecule has 0 unspecified atom stereocenters. The van der Waals surface area contributed by atoms with Gasteiger partial charge in [0.15, 0.2) is 0 Å². The van der Waals surface area contributed by atoms with Gasteiger partial charge < -0.3 is 15.0 Å². The Morgan fingerprint density at radius 1 is 1.42 bits per heavy atom. The lowest BCUT2D eigenvalue weighted by molar-refractivity contribution is -0.128. The third kappa shape index (κ3) is 3.47. The predicted octanol–water partition coefficient (Wildman–Crippen LogP) is 2.11. The molecule has 4 nitrogen and oxygen atoms in total. The van der Waals surface area contributed by atoms with E-state index in [1.54, 1.807) is 11.8 Å². The van der Waals surface area contributed by atoms with Crippen LogP contribution < -0.4 is 5.32 Å². The van der Waals surface area contributed by atoms with Crippen LogP contribution in [-0.4, -0.2) is 37.6 Å². The molecule has 0 atom stereocenters. The third-order valence-corrected chi connectivity index (χ3v) is 3.57. The normalized spacial score (nSPS) is 16.6. The van der Waals surface area contributed by atoms with Gasteiger partial charge in [0.05, 0.1) is 13.2 Å². The molecule has 1 heterocycles. The summed E-state index contributed by atoms with van der Waals surface area (Å²) in [5, 5.41) is 3.48. The second kappa shape index (κ2) is 5.61. The van der Waals surface area contributed by atoms with Crippen molar-refractivity contribution in [3.8, 4) is 0 Å². The van der Waals surface area contributed by atoms with Crippen molar-refractivity contribution in [3.05, 3.63) is 29.8 Å². The fourth-order valence-corrected chi connectivity index (χ4v) is 2.06. The number of amides is 1. The smallest absolute Gasteiger partial charge is 0.219 e. The molecule has 0 spiro atoms. The number of benzene rings is 1. The van der Waals surface area contributed by atoms with E-state index in [-0.39, 0.29) is 11.3 Å². The molecule has 1 amide bonds. The molecule has 1 fully saturated rings. The fraction of sp³-hybridized carbons (Fsp3) is 0.533. The molecule has 0 radical (unpaired) electrons. The first kappa shape index (κ1) is 13.9. The molecular weight excluding hydrogens is 240 g/mol. The molecule has 1 saturated heterocycles. The second-order valence-electron chi connectivity index (χ2n) is 5.69. The zero-order chi connectivity index (χ0) is 13.9. The molecule has 104 valence electrons. The van der Waals surface area contributed by atoms with Crippen molar-refractivity contribution in [2.75, 3.05) is 32.1 Å². The van der Waals surface area contributed by atoms with E-state index in [1.807, 2.05) is 19.2 Å². The predicted molar refractivity (Wildman–Crippen MR) is 76.0 cm³/mol. The van der Waals surface area contributed by atoms with Crippen molar-refractivity contribution in [1.29, 1.82) is 0 Å². The van der Waals surface area contributed by atoms with Crippen molar-refractivity contribution < 1.29 is 9.53 Å². The Balaban J connectivity index is 2.01. The lowest BCUT2D eigenvalue weighted by atomic mass is 9.88. The first-order valence-electron chi connectivity index (χ1n) is 6.61. The molecular formula is C15H22N2O2. The summed E-state index contributed by atoms with van der Waals surface area (Å²) in [6.45, 7) is 6.96. The Labute approximate surface area is 114 Å². The third-order valence-electron chi connectivity index (χ3n) is 3.57. The topological polar surface area (TPSA) is 41.6 Å². The van der Waals surface area contributed by atoms with Crippen LogP contribution in [0.3, 0.4) is 0 Å². The lowest BCUT2D eigenvalue weighted by Gasteiger charge is -2.38. The van der Waals surface area contributed by atoms with Gasteiger partial charge in [0.2, 0.25) is 5.91 Å². The molecule has 1 aromatic carbocycles. The van der Waals surface area contributed by atoms with Crippen molar-refractivity contribution in [2.45, 2.75) is 20.4 Å². The van der Waals surface area contributed by atoms with E-state index in [0.29, 0.717) is 6.54 Å². The van der Waals surface area contributed by atoms with E-state index in [9.17, 15) is 4.79 Å². The highest BCUT2D eigenvalue weighted by molar-refractivity contribution is 5.73. The quantitative estimate of drug-likeness (QED) is 0.883.